The van der Waals surface area contributed by atoms with E-state index in [2.05, 4.69) is 0 Å². The van der Waals surface area contributed by atoms with Gasteiger partial charge in [-0.3, -0.25) is 4.79 Å². The van der Waals surface area contributed by atoms with Crippen LogP contribution in [0.15, 0.2) is 10.9 Å². The van der Waals surface area contributed by atoms with E-state index in [0.29, 0.717) is 6.07 Å². The third kappa shape index (κ3) is 1.41. The van der Waals surface area contributed by atoms with Crippen molar-refractivity contribution in [1.82, 2.24) is 4.98 Å². The van der Waals surface area contributed by atoms with Gasteiger partial charge in [0.1, 0.15) is 0 Å². The molecule has 0 amide bonds. The molecule has 3 nitrogen and oxygen atoms in total. The minimum Gasteiger partial charge on any atom is -0.501 e. The van der Waals surface area contributed by atoms with Crippen molar-refractivity contribution in [2.24, 2.45) is 0 Å². The predicted molar refractivity (Wildman–Crippen MR) is 33.6 cm³/mol. The van der Waals surface area contributed by atoms with E-state index in [4.69, 9.17) is 5.11 Å². The van der Waals surface area contributed by atoms with Crippen LogP contribution in [0.4, 0.5) is 13.2 Å². The van der Waals surface area contributed by atoms with Crippen LogP contribution in [0.5, 0.6) is 5.75 Å². The molecular formula is C6H4F3NO2. The van der Waals surface area contributed by atoms with Crippen LogP contribution in [0.2, 0.25) is 0 Å². The molecule has 0 aromatic carbocycles. The van der Waals surface area contributed by atoms with E-state index in [-0.39, 0.29) is 0 Å². The number of nitrogens with one attached hydrogen (secondary N) is 1. The lowest BCUT2D eigenvalue weighted by Crippen LogP contribution is -2.10. The summed E-state index contributed by atoms with van der Waals surface area (Å²) in [5, 5.41) is 8.55. The van der Waals surface area contributed by atoms with Crippen LogP contribution in [0.3, 0.4) is 0 Å². The van der Waals surface area contributed by atoms with Gasteiger partial charge in [-0.2, -0.15) is 0 Å². The van der Waals surface area contributed by atoms with Gasteiger partial charge in [0, 0.05) is 6.07 Å². The Morgan fingerprint density at radius 2 is 2.08 bits per heavy atom. The Bertz CT molecular complexity index is 347. The molecule has 0 fully saturated rings. The summed E-state index contributed by atoms with van der Waals surface area (Å²) in [6.07, 6.45) is -2.97. The fourth-order valence-corrected chi connectivity index (χ4v) is 0.657. The summed E-state index contributed by atoms with van der Waals surface area (Å²) in [6, 6.07) is 0.376. The second-order valence-corrected chi connectivity index (χ2v) is 2.05. The lowest BCUT2D eigenvalue weighted by molar-refractivity contribution is 0.145. The van der Waals surface area contributed by atoms with Crippen molar-refractivity contribution in [2.45, 2.75) is 6.43 Å². The maximum Gasteiger partial charge on any atom is 0.293 e. The predicted octanol–water partition coefficient (Wildman–Crippen LogP) is 1.16. The highest BCUT2D eigenvalue weighted by Crippen LogP contribution is 2.18. The van der Waals surface area contributed by atoms with Crippen molar-refractivity contribution in [3.63, 3.8) is 0 Å². The minimum absolute atomic E-state index is 0.376. The standard InChI is InChI=1S/C6H4F3NO2/c7-2-1-3(5(8)9)10-6(12)4(2)11/h1,5,11H,(H,10,12). The number of pyridine rings is 1. The number of aromatic hydroxyl groups is 1. The molecule has 0 radical (unpaired) electrons. The topological polar surface area (TPSA) is 53.1 Å². The molecule has 0 spiro atoms. The smallest absolute Gasteiger partial charge is 0.293 e. The fraction of sp³-hybridized carbons (Fsp3) is 0.167. The van der Waals surface area contributed by atoms with Crippen LogP contribution in [-0.4, -0.2) is 10.1 Å². The summed E-state index contributed by atoms with van der Waals surface area (Å²) >= 11 is 0. The maximum absolute atomic E-state index is 12.4. The molecule has 1 rings (SSSR count). The number of H-pyrrole nitrogens is 1. The lowest BCUT2D eigenvalue weighted by atomic mass is 10.3. The van der Waals surface area contributed by atoms with Crippen LogP contribution in [0, 0.1) is 5.82 Å². The van der Waals surface area contributed by atoms with E-state index >= 15 is 0 Å². The molecule has 2 N–H and O–H groups in total. The molecule has 0 atom stereocenters. The van der Waals surface area contributed by atoms with E-state index in [0.717, 1.165) is 0 Å². The molecule has 0 aliphatic heterocycles. The molecule has 1 heterocycles. The second-order valence-electron chi connectivity index (χ2n) is 2.05. The Labute approximate surface area is 64.5 Å². The van der Waals surface area contributed by atoms with Crippen molar-refractivity contribution in [1.29, 1.82) is 0 Å². The van der Waals surface area contributed by atoms with Gasteiger partial charge in [-0.1, -0.05) is 0 Å². The zero-order valence-corrected chi connectivity index (χ0v) is 5.64. The van der Waals surface area contributed by atoms with E-state index < -0.39 is 29.2 Å². The van der Waals surface area contributed by atoms with E-state index in [1.807, 2.05) is 0 Å². The summed E-state index contributed by atoms with van der Waals surface area (Å²) in [6.45, 7) is 0. The van der Waals surface area contributed by atoms with Gasteiger partial charge in [0.25, 0.3) is 12.0 Å². The zero-order valence-electron chi connectivity index (χ0n) is 5.64. The SMILES string of the molecule is O=c1[nH]c(C(F)F)cc(F)c1O. The summed E-state index contributed by atoms with van der Waals surface area (Å²) in [4.78, 5) is 12.1. The van der Waals surface area contributed by atoms with Gasteiger partial charge in [-0.05, 0) is 0 Å². The average molecular weight is 179 g/mol. The number of aromatic amines is 1. The van der Waals surface area contributed by atoms with Crippen molar-refractivity contribution in [3.8, 4) is 5.75 Å². The summed E-state index contributed by atoms with van der Waals surface area (Å²) < 4.78 is 36.1. The third-order valence-electron chi connectivity index (χ3n) is 1.22. The van der Waals surface area contributed by atoms with Crippen LogP contribution < -0.4 is 5.56 Å². The number of hydrogen-bond donors (Lipinski definition) is 2. The molecule has 0 aliphatic carbocycles. The van der Waals surface area contributed by atoms with Gasteiger partial charge < -0.3 is 10.1 Å². The van der Waals surface area contributed by atoms with Crippen molar-refractivity contribution in [3.05, 3.63) is 27.9 Å². The number of aromatic nitrogens is 1. The molecule has 0 bridgehead atoms. The van der Waals surface area contributed by atoms with Gasteiger partial charge in [0.15, 0.2) is 5.82 Å². The van der Waals surface area contributed by atoms with E-state index in [1.165, 1.54) is 0 Å². The number of hydrogen-bond acceptors (Lipinski definition) is 2. The molecule has 0 saturated heterocycles. The van der Waals surface area contributed by atoms with Gasteiger partial charge in [0.2, 0.25) is 5.75 Å². The number of rotatable bonds is 1. The highest BCUT2D eigenvalue weighted by atomic mass is 19.3. The third-order valence-corrected chi connectivity index (χ3v) is 1.22. The van der Waals surface area contributed by atoms with E-state index in [9.17, 15) is 18.0 Å². The molecule has 6 heteroatoms. The second kappa shape index (κ2) is 2.88. The number of alkyl halides is 2. The van der Waals surface area contributed by atoms with Crippen molar-refractivity contribution < 1.29 is 18.3 Å². The van der Waals surface area contributed by atoms with Crippen LogP contribution in [0.25, 0.3) is 0 Å². The van der Waals surface area contributed by atoms with Gasteiger partial charge in [0.05, 0.1) is 5.69 Å². The van der Waals surface area contributed by atoms with Crippen LogP contribution in [0.1, 0.15) is 12.1 Å². The normalized spacial score (nSPS) is 10.7. The summed E-state index contributed by atoms with van der Waals surface area (Å²) in [5.41, 5.74) is -2.11. The first-order valence-corrected chi connectivity index (χ1v) is 2.92. The molecule has 0 unspecified atom stereocenters. The quantitative estimate of drug-likeness (QED) is 0.679. The Morgan fingerprint density at radius 3 is 2.50 bits per heavy atom. The van der Waals surface area contributed by atoms with Crippen molar-refractivity contribution in [2.75, 3.05) is 0 Å². The Hall–Kier alpha value is -1.46. The molecular weight excluding hydrogens is 175 g/mol. The molecule has 12 heavy (non-hydrogen) atoms. The molecule has 1 aromatic rings. The van der Waals surface area contributed by atoms with Crippen LogP contribution >= 0.6 is 0 Å². The summed E-state index contributed by atoms with van der Waals surface area (Å²) in [7, 11) is 0. The Balaban J connectivity index is 3.31. The zero-order chi connectivity index (χ0) is 9.30. The Kier molecular flexibility index (Phi) is 2.07. The first-order chi connectivity index (χ1) is 5.52. The highest BCUT2D eigenvalue weighted by molar-refractivity contribution is 5.21. The Morgan fingerprint density at radius 1 is 1.50 bits per heavy atom. The molecule has 1 aromatic heterocycles. The van der Waals surface area contributed by atoms with Gasteiger partial charge in [-0.15, -0.1) is 0 Å². The number of halogens is 3. The average Bonchev–Trinajstić information content (AvgIpc) is 1.99. The van der Waals surface area contributed by atoms with Crippen molar-refractivity contribution >= 4 is 0 Å². The molecule has 66 valence electrons. The first kappa shape index (κ1) is 8.63. The molecule has 0 saturated carbocycles. The highest BCUT2D eigenvalue weighted by Gasteiger charge is 2.13. The minimum atomic E-state index is -2.97. The maximum atomic E-state index is 12.4. The largest absolute Gasteiger partial charge is 0.501 e. The fourth-order valence-electron chi connectivity index (χ4n) is 0.657. The van der Waals surface area contributed by atoms with E-state index in [1.54, 1.807) is 4.98 Å². The van der Waals surface area contributed by atoms with Gasteiger partial charge in [-0.25, -0.2) is 13.2 Å². The van der Waals surface area contributed by atoms with Crippen LogP contribution in [-0.2, 0) is 0 Å². The molecule has 0 aliphatic rings. The first-order valence-electron chi connectivity index (χ1n) is 2.92. The summed E-state index contributed by atoms with van der Waals surface area (Å²) in [5.74, 6) is -2.53. The lowest BCUT2D eigenvalue weighted by Gasteiger charge is -1.99. The van der Waals surface area contributed by atoms with Gasteiger partial charge >= 0.3 is 0 Å². The monoisotopic (exact) mass is 179 g/mol.